The van der Waals surface area contributed by atoms with Crippen molar-refractivity contribution in [2.75, 3.05) is 5.32 Å². The first-order valence-corrected chi connectivity index (χ1v) is 6.20. The van der Waals surface area contributed by atoms with Crippen LogP contribution in [0.4, 0.5) is 10.1 Å². The Morgan fingerprint density at radius 3 is 2.76 bits per heavy atom. The topological polar surface area (TPSA) is 68.3 Å². The van der Waals surface area contributed by atoms with Crippen molar-refractivity contribution >= 4 is 17.6 Å². The van der Waals surface area contributed by atoms with E-state index in [1.807, 2.05) is 0 Å². The second-order valence-corrected chi connectivity index (χ2v) is 4.25. The molecule has 0 fully saturated rings. The number of benzene rings is 1. The molecule has 1 amide bonds. The predicted octanol–water partition coefficient (Wildman–Crippen LogP) is 2.54. The van der Waals surface area contributed by atoms with E-state index in [4.69, 9.17) is 4.74 Å². The Kier molecular flexibility index (Phi) is 4.61. The number of hydrogen-bond donors (Lipinski definition) is 1. The SMILES string of the molecule is CC(=O)OCc1cc(F)ccc1NC(=O)c1ccccn1. The molecule has 0 bridgehead atoms. The zero-order chi connectivity index (χ0) is 15.2. The lowest BCUT2D eigenvalue weighted by Crippen LogP contribution is -2.15. The van der Waals surface area contributed by atoms with Crippen molar-refractivity contribution in [3.8, 4) is 0 Å². The van der Waals surface area contributed by atoms with Crippen molar-refractivity contribution in [1.82, 2.24) is 4.98 Å². The third kappa shape index (κ3) is 4.10. The lowest BCUT2D eigenvalue weighted by molar-refractivity contribution is -0.142. The Hall–Kier alpha value is -2.76. The van der Waals surface area contributed by atoms with Crippen LogP contribution in [0.1, 0.15) is 23.0 Å². The Labute approximate surface area is 120 Å². The third-order valence-electron chi connectivity index (χ3n) is 2.64. The fraction of sp³-hybridized carbons (Fsp3) is 0.133. The average Bonchev–Trinajstić information content (AvgIpc) is 2.48. The normalized spacial score (nSPS) is 10.0. The van der Waals surface area contributed by atoms with Crippen LogP contribution in [0.25, 0.3) is 0 Å². The minimum atomic E-state index is -0.485. The van der Waals surface area contributed by atoms with E-state index < -0.39 is 17.7 Å². The molecule has 2 rings (SSSR count). The number of carbonyl (C=O) groups is 2. The first-order chi connectivity index (χ1) is 10.1. The maximum absolute atomic E-state index is 13.3. The number of amides is 1. The number of anilines is 1. The van der Waals surface area contributed by atoms with Gasteiger partial charge in [0.25, 0.3) is 5.91 Å². The molecule has 21 heavy (non-hydrogen) atoms. The van der Waals surface area contributed by atoms with Crippen molar-refractivity contribution in [3.05, 3.63) is 59.7 Å². The molecule has 0 aliphatic heterocycles. The molecule has 0 saturated carbocycles. The van der Waals surface area contributed by atoms with E-state index in [1.165, 1.54) is 31.3 Å². The van der Waals surface area contributed by atoms with Crippen LogP contribution in [0.3, 0.4) is 0 Å². The van der Waals surface area contributed by atoms with E-state index >= 15 is 0 Å². The number of carbonyl (C=O) groups excluding carboxylic acids is 2. The number of esters is 1. The molecule has 0 atom stereocenters. The first kappa shape index (κ1) is 14.6. The molecular weight excluding hydrogens is 275 g/mol. The molecule has 1 N–H and O–H groups in total. The first-order valence-electron chi connectivity index (χ1n) is 6.20. The Bertz CT molecular complexity index is 659. The molecule has 6 heteroatoms. The van der Waals surface area contributed by atoms with Crippen LogP contribution in [0.2, 0.25) is 0 Å². The maximum atomic E-state index is 13.3. The van der Waals surface area contributed by atoms with Crippen LogP contribution in [0, 0.1) is 5.82 Å². The fourth-order valence-corrected chi connectivity index (χ4v) is 1.67. The average molecular weight is 288 g/mol. The fourth-order valence-electron chi connectivity index (χ4n) is 1.67. The summed E-state index contributed by atoms with van der Waals surface area (Å²) in [6.45, 7) is 1.14. The molecular formula is C15H13FN2O3. The van der Waals surface area contributed by atoms with Crippen LogP contribution in [0.5, 0.6) is 0 Å². The van der Waals surface area contributed by atoms with Gasteiger partial charge < -0.3 is 10.1 Å². The second-order valence-electron chi connectivity index (χ2n) is 4.25. The molecule has 0 aliphatic rings. The molecule has 5 nitrogen and oxygen atoms in total. The van der Waals surface area contributed by atoms with Crippen molar-refractivity contribution in [1.29, 1.82) is 0 Å². The van der Waals surface area contributed by atoms with Gasteiger partial charge in [-0.2, -0.15) is 0 Å². The number of aromatic nitrogens is 1. The molecule has 0 unspecified atom stereocenters. The highest BCUT2D eigenvalue weighted by atomic mass is 19.1. The van der Waals surface area contributed by atoms with E-state index in [1.54, 1.807) is 18.2 Å². The van der Waals surface area contributed by atoms with Crippen LogP contribution in [-0.4, -0.2) is 16.9 Å². The maximum Gasteiger partial charge on any atom is 0.302 e. The summed E-state index contributed by atoms with van der Waals surface area (Å²) < 4.78 is 18.1. The van der Waals surface area contributed by atoms with Gasteiger partial charge in [-0.3, -0.25) is 14.6 Å². The van der Waals surface area contributed by atoms with Crippen molar-refractivity contribution in [3.63, 3.8) is 0 Å². The molecule has 0 spiro atoms. The van der Waals surface area contributed by atoms with Gasteiger partial charge >= 0.3 is 5.97 Å². The number of nitrogens with one attached hydrogen (secondary N) is 1. The molecule has 1 heterocycles. The van der Waals surface area contributed by atoms with Crippen molar-refractivity contribution < 1.29 is 18.7 Å². The number of rotatable bonds is 4. The number of ether oxygens (including phenoxy) is 1. The Morgan fingerprint density at radius 1 is 1.29 bits per heavy atom. The summed E-state index contributed by atoms with van der Waals surface area (Å²) in [4.78, 5) is 26.8. The summed E-state index contributed by atoms with van der Waals surface area (Å²) in [6, 6.07) is 8.77. The third-order valence-corrected chi connectivity index (χ3v) is 2.64. The summed E-state index contributed by atoms with van der Waals surface area (Å²) >= 11 is 0. The van der Waals surface area contributed by atoms with Gasteiger partial charge in [-0.1, -0.05) is 6.07 Å². The minimum absolute atomic E-state index is 0.120. The number of pyridine rings is 1. The van der Waals surface area contributed by atoms with Crippen molar-refractivity contribution in [2.24, 2.45) is 0 Å². The highest BCUT2D eigenvalue weighted by Crippen LogP contribution is 2.19. The minimum Gasteiger partial charge on any atom is -0.461 e. The smallest absolute Gasteiger partial charge is 0.302 e. The second kappa shape index (κ2) is 6.60. The van der Waals surface area contributed by atoms with Crippen LogP contribution in [0.15, 0.2) is 42.6 Å². The predicted molar refractivity (Wildman–Crippen MR) is 74.1 cm³/mol. The largest absolute Gasteiger partial charge is 0.461 e. The van der Waals surface area contributed by atoms with Crippen molar-refractivity contribution in [2.45, 2.75) is 13.5 Å². The van der Waals surface area contributed by atoms with E-state index in [2.05, 4.69) is 10.3 Å². The number of halogens is 1. The Balaban J connectivity index is 2.19. The highest BCUT2D eigenvalue weighted by molar-refractivity contribution is 6.03. The zero-order valence-electron chi connectivity index (χ0n) is 11.3. The molecule has 2 aromatic rings. The van der Waals surface area contributed by atoms with Crippen LogP contribution in [-0.2, 0) is 16.1 Å². The Morgan fingerprint density at radius 2 is 2.10 bits per heavy atom. The lowest BCUT2D eigenvalue weighted by atomic mass is 10.1. The summed E-state index contributed by atoms with van der Waals surface area (Å²) in [5.74, 6) is -1.39. The van der Waals surface area contributed by atoms with Gasteiger partial charge in [0.15, 0.2) is 0 Å². The molecule has 0 aliphatic carbocycles. The van der Waals surface area contributed by atoms with Crippen LogP contribution < -0.4 is 5.32 Å². The summed E-state index contributed by atoms with van der Waals surface area (Å²) in [7, 11) is 0. The molecule has 1 aromatic carbocycles. The van der Waals surface area contributed by atoms with Gasteiger partial charge in [0, 0.05) is 24.4 Å². The van der Waals surface area contributed by atoms with Crippen LogP contribution >= 0.6 is 0 Å². The van der Waals surface area contributed by atoms with Gasteiger partial charge in [0.2, 0.25) is 0 Å². The van der Waals surface area contributed by atoms with Gasteiger partial charge in [-0.15, -0.1) is 0 Å². The summed E-state index contributed by atoms with van der Waals surface area (Å²) in [6.07, 6.45) is 1.50. The molecule has 0 radical (unpaired) electrons. The van der Waals surface area contributed by atoms with E-state index in [0.717, 1.165) is 0 Å². The number of hydrogen-bond acceptors (Lipinski definition) is 4. The summed E-state index contributed by atoms with van der Waals surface area (Å²) in [5, 5.41) is 2.62. The standard InChI is InChI=1S/C15H13FN2O3/c1-10(19)21-9-11-8-12(16)5-6-13(11)18-15(20)14-4-2-3-7-17-14/h2-8H,9H2,1H3,(H,18,20). The van der Waals surface area contributed by atoms with E-state index in [0.29, 0.717) is 11.3 Å². The summed E-state index contributed by atoms with van der Waals surface area (Å²) in [5.41, 5.74) is 0.975. The van der Waals surface area contributed by atoms with Gasteiger partial charge in [0.1, 0.15) is 18.1 Å². The van der Waals surface area contributed by atoms with E-state index in [9.17, 15) is 14.0 Å². The zero-order valence-corrected chi connectivity index (χ0v) is 11.3. The van der Waals surface area contributed by atoms with E-state index in [-0.39, 0.29) is 12.3 Å². The van der Waals surface area contributed by atoms with Gasteiger partial charge in [-0.25, -0.2) is 4.39 Å². The monoisotopic (exact) mass is 288 g/mol. The highest BCUT2D eigenvalue weighted by Gasteiger charge is 2.11. The lowest BCUT2D eigenvalue weighted by Gasteiger charge is -2.11. The number of nitrogens with zero attached hydrogens (tertiary/aromatic N) is 1. The molecule has 108 valence electrons. The van der Waals surface area contributed by atoms with Gasteiger partial charge in [-0.05, 0) is 30.3 Å². The van der Waals surface area contributed by atoms with Gasteiger partial charge in [0.05, 0.1) is 0 Å². The molecule has 1 aromatic heterocycles. The quantitative estimate of drug-likeness (QED) is 0.878. The molecule has 0 saturated heterocycles.